The molecule has 0 amide bonds. The molecule has 8 nitrogen and oxygen atoms in total. The average molecular weight is 377 g/mol. The number of hydrogen-bond acceptors (Lipinski definition) is 6. The fourth-order valence-corrected chi connectivity index (χ4v) is 4.07. The Hall–Kier alpha value is -3.00. The number of aromatic amines is 1. The Balaban J connectivity index is 1.40. The smallest absolute Gasteiger partial charge is 0.258 e. The second-order valence-corrected chi connectivity index (χ2v) is 7.69. The first-order valence-electron chi connectivity index (χ1n) is 9.72. The van der Waals surface area contributed by atoms with E-state index in [2.05, 4.69) is 25.0 Å². The molecular weight excluding hydrogens is 354 g/mol. The van der Waals surface area contributed by atoms with E-state index in [-0.39, 0.29) is 5.56 Å². The normalized spacial score (nSPS) is 18.0. The van der Waals surface area contributed by atoms with Gasteiger partial charge >= 0.3 is 0 Å². The number of nitrogens with one attached hydrogen (secondary N) is 2. The maximum absolute atomic E-state index is 12.7. The molecule has 0 bridgehead atoms. The molecule has 2 fully saturated rings. The molecule has 2 aliphatic rings. The number of hydrogen-bond donors (Lipinski definition) is 2. The van der Waals surface area contributed by atoms with Crippen LogP contribution in [-0.2, 0) is 0 Å². The van der Waals surface area contributed by atoms with Crippen molar-refractivity contribution < 1.29 is 0 Å². The Morgan fingerprint density at radius 3 is 2.71 bits per heavy atom. The van der Waals surface area contributed by atoms with Crippen molar-refractivity contribution in [3.8, 4) is 11.4 Å². The molecule has 8 heteroatoms. The van der Waals surface area contributed by atoms with Gasteiger partial charge in [0.05, 0.1) is 22.8 Å². The van der Waals surface area contributed by atoms with Crippen molar-refractivity contribution in [2.24, 2.45) is 0 Å². The lowest BCUT2D eigenvalue weighted by atomic mass is 10.1. The predicted octanol–water partition coefficient (Wildman–Crippen LogP) is 1.76. The van der Waals surface area contributed by atoms with Gasteiger partial charge in [0.2, 0.25) is 0 Å². The van der Waals surface area contributed by atoms with E-state index in [0.29, 0.717) is 34.5 Å². The van der Waals surface area contributed by atoms with Crippen molar-refractivity contribution in [3.63, 3.8) is 0 Å². The summed E-state index contributed by atoms with van der Waals surface area (Å²) in [5.74, 6) is 0. The van der Waals surface area contributed by atoms with Crippen molar-refractivity contribution in [3.05, 3.63) is 46.5 Å². The predicted molar refractivity (Wildman–Crippen MR) is 108 cm³/mol. The maximum Gasteiger partial charge on any atom is 0.258 e. The Kier molecular flexibility index (Phi) is 4.01. The summed E-state index contributed by atoms with van der Waals surface area (Å²) >= 11 is 0. The van der Waals surface area contributed by atoms with Crippen molar-refractivity contribution >= 4 is 17.0 Å². The summed E-state index contributed by atoms with van der Waals surface area (Å²) in [6.07, 6.45) is 4.51. The molecule has 5 rings (SSSR count). The van der Waals surface area contributed by atoms with E-state index in [0.717, 1.165) is 18.8 Å². The van der Waals surface area contributed by atoms with Gasteiger partial charge in [-0.1, -0.05) is 0 Å². The number of nitrogens with zero attached hydrogens (tertiary/aromatic N) is 5. The fraction of sp³-hybridized carbons (Fsp3) is 0.400. The summed E-state index contributed by atoms with van der Waals surface area (Å²) in [4.78, 5) is 22.2. The second kappa shape index (κ2) is 6.56. The highest BCUT2D eigenvalue weighted by atomic mass is 16.1. The standard InChI is InChI=1S/C20H23N7O/c1-13(21)16-8-18(24-23-16)17-9-20(28)27-12-14(4-5-19(27)22-17)26-10-15(11-26)25-6-2-3-7-25/h4-5,8-9,12,15,21H,2-3,6-7,10-11H2,1H3,(H,23,24). The number of pyridine rings is 1. The van der Waals surface area contributed by atoms with Crippen LogP contribution in [0.25, 0.3) is 17.0 Å². The van der Waals surface area contributed by atoms with Gasteiger partial charge in [-0.25, -0.2) is 4.98 Å². The molecule has 2 saturated heterocycles. The first-order chi connectivity index (χ1) is 13.6. The van der Waals surface area contributed by atoms with Crippen molar-refractivity contribution in [2.45, 2.75) is 25.8 Å². The molecule has 3 aromatic heterocycles. The number of fused-ring (bicyclic) bond motifs is 1. The summed E-state index contributed by atoms with van der Waals surface area (Å²) in [6, 6.07) is 7.82. The van der Waals surface area contributed by atoms with Crippen LogP contribution < -0.4 is 10.5 Å². The third-order valence-corrected chi connectivity index (χ3v) is 5.77. The topological polar surface area (TPSA) is 93.4 Å². The Bertz CT molecular complexity index is 1100. The summed E-state index contributed by atoms with van der Waals surface area (Å²) in [7, 11) is 0. The fourth-order valence-electron chi connectivity index (χ4n) is 4.07. The number of anilines is 1. The van der Waals surface area contributed by atoms with E-state index in [9.17, 15) is 4.79 Å². The van der Waals surface area contributed by atoms with Gasteiger partial charge in [0.25, 0.3) is 5.56 Å². The maximum atomic E-state index is 12.7. The highest BCUT2D eigenvalue weighted by Crippen LogP contribution is 2.26. The Morgan fingerprint density at radius 2 is 2.00 bits per heavy atom. The molecule has 0 atom stereocenters. The SMILES string of the molecule is CC(=N)c1cc(-c2cc(=O)n3cc(N4CC(N5CCCC5)C4)ccc3n2)[nH]n1. The van der Waals surface area contributed by atoms with Crippen LogP contribution in [0.5, 0.6) is 0 Å². The summed E-state index contributed by atoms with van der Waals surface area (Å²) in [5, 5.41) is 14.6. The number of likely N-dealkylation sites (tertiary alicyclic amines) is 1. The van der Waals surface area contributed by atoms with Gasteiger partial charge in [-0.15, -0.1) is 0 Å². The van der Waals surface area contributed by atoms with Crippen LogP contribution in [0.4, 0.5) is 5.69 Å². The molecule has 144 valence electrons. The molecule has 0 aromatic carbocycles. The molecule has 2 N–H and O–H groups in total. The summed E-state index contributed by atoms with van der Waals surface area (Å²) in [5.41, 5.74) is 3.64. The minimum atomic E-state index is -0.124. The number of rotatable bonds is 4. The third-order valence-electron chi connectivity index (χ3n) is 5.77. The minimum Gasteiger partial charge on any atom is -0.367 e. The molecule has 0 saturated carbocycles. The van der Waals surface area contributed by atoms with E-state index in [1.165, 1.54) is 32.0 Å². The second-order valence-electron chi connectivity index (χ2n) is 7.69. The number of aromatic nitrogens is 4. The molecule has 2 aliphatic heterocycles. The van der Waals surface area contributed by atoms with Crippen LogP contribution in [0.3, 0.4) is 0 Å². The average Bonchev–Trinajstić information content (AvgIpc) is 3.33. The van der Waals surface area contributed by atoms with E-state index < -0.39 is 0 Å². The van der Waals surface area contributed by atoms with Gasteiger partial charge in [-0.2, -0.15) is 5.10 Å². The lowest BCUT2D eigenvalue weighted by Gasteiger charge is -2.45. The number of H-pyrrole nitrogens is 1. The first kappa shape index (κ1) is 17.1. The lowest BCUT2D eigenvalue weighted by Crippen LogP contribution is -2.58. The molecule has 0 unspecified atom stereocenters. The van der Waals surface area contributed by atoms with Crippen LogP contribution >= 0.6 is 0 Å². The van der Waals surface area contributed by atoms with Gasteiger partial charge in [-0.05, 0) is 51.1 Å². The summed E-state index contributed by atoms with van der Waals surface area (Å²) < 4.78 is 1.60. The molecule has 0 radical (unpaired) electrons. The zero-order valence-electron chi connectivity index (χ0n) is 15.9. The van der Waals surface area contributed by atoms with Gasteiger partial charge in [0.15, 0.2) is 0 Å². The highest BCUT2D eigenvalue weighted by molar-refractivity contribution is 5.95. The van der Waals surface area contributed by atoms with Crippen molar-refractivity contribution in [2.75, 3.05) is 31.1 Å². The molecule has 28 heavy (non-hydrogen) atoms. The van der Waals surface area contributed by atoms with E-state index in [1.807, 2.05) is 18.3 Å². The van der Waals surface area contributed by atoms with Crippen LogP contribution in [-0.4, -0.2) is 62.4 Å². The van der Waals surface area contributed by atoms with Crippen molar-refractivity contribution in [1.29, 1.82) is 5.41 Å². The Labute approximate surface area is 162 Å². The summed E-state index contributed by atoms with van der Waals surface area (Å²) in [6.45, 7) is 6.15. The molecular formula is C20H23N7O. The van der Waals surface area contributed by atoms with Gasteiger partial charge in [0, 0.05) is 31.4 Å². The molecule has 3 aromatic rings. The Morgan fingerprint density at radius 1 is 1.21 bits per heavy atom. The molecule has 5 heterocycles. The molecule has 0 spiro atoms. The van der Waals surface area contributed by atoms with Gasteiger partial charge in [-0.3, -0.25) is 19.2 Å². The van der Waals surface area contributed by atoms with Crippen molar-refractivity contribution in [1.82, 2.24) is 24.5 Å². The zero-order valence-corrected chi connectivity index (χ0v) is 15.9. The first-order valence-corrected chi connectivity index (χ1v) is 9.72. The van der Waals surface area contributed by atoms with Gasteiger partial charge in [0.1, 0.15) is 11.3 Å². The quantitative estimate of drug-likeness (QED) is 0.676. The largest absolute Gasteiger partial charge is 0.367 e. The van der Waals surface area contributed by atoms with E-state index >= 15 is 0 Å². The lowest BCUT2D eigenvalue weighted by molar-refractivity contribution is 0.205. The minimum absolute atomic E-state index is 0.124. The third kappa shape index (κ3) is 2.90. The highest BCUT2D eigenvalue weighted by Gasteiger charge is 2.33. The van der Waals surface area contributed by atoms with E-state index in [4.69, 9.17) is 5.41 Å². The van der Waals surface area contributed by atoms with Crippen LogP contribution in [0.1, 0.15) is 25.5 Å². The zero-order chi connectivity index (χ0) is 19.3. The monoisotopic (exact) mass is 377 g/mol. The van der Waals surface area contributed by atoms with Crippen LogP contribution in [0.15, 0.2) is 35.3 Å². The van der Waals surface area contributed by atoms with Gasteiger partial charge < -0.3 is 10.3 Å². The van der Waals surface area contributed by atoms with Crippen LogP contribution in [0, 0.1) is 5.41 Å². The molecule has 0 aliphatic carbocycles. The van der Waals surface area contributed by atoms with Crippen LogP contribution in [0.2, 0.25) is 0 Å². The van der Waals surface area contributed by atoms with E-state index in [1.54, 1.807) is 17.4 Å².